The fourth-order valence-corrected chi connectivity index (χ4v) is 1.86. The molecule has 0 spiro atoms. The van der Waals surface area contributed by atoms with Crippen LogP contribution >= 0.6 is 0 Å². The molecule has 0 fully saturated rings. The number of carbonyl (C=O) groups excluding carboxylic acids is 1. The first-order valence-electron chi connectivity index (χ1n) is 6.21. The van der Waals surface area contributed by atoms with E-state index in [0.29, 0.717) is 5.56 Å². The van der Waals surface area contributed by atoms with Gasteiger partial charge in [-0.25, -0.2) is 0 Å². The normalized spacial score (nSPS) is 11.7. The molecule has 0 aliphatic rings. The zero-order chi connectivity index (χ0) is 15.4. The molecule has 1 aromatic carbocycles. The summed E-state index contributed by atoms with van der Waals surface area (Å²) in [7, 11) is 0. The van der Waals surface area contributed by atoms with Crippen LogP contribution in [-0.2, 0) is 0 Å². The molecular formula is C14H13N3O4. The first kappa shape index (κ1) is 14.4. The lowest BCUT2D eigenvalue weighted by atomic mass is 10.1. The van der Waals surface area contributed by atoms with Gasteiger partial charge in [0.15, 0.2) is 0 Å². The number of pyridine rings is 1. The average Bonchev–Trinajstić information content (AvgIpc) is 2.47. The van der Waals surface area contributed by atoms with Crippen molar-refractivity contribution in [2.24, 2.45) is 0 Å². The smallest absolute Gasteiger partial charge is 0.269 e. The van der Waals surface area contributed by atoms with Gasteiger partial charge in [0, 0.05) is 30.0 Å². The third-order valence-corrected chi connectivity index (χ3v) is 2.97. The molecular weight excluding hydrogens is 274 g/mol. The number of nitro groups is 1. The molecule has 1 unspecified atom stereocenters. The van der Waals surface area contributed by atoms with Crippen LogP contribution in [0.4, 0.5) is 5.69 Å². The summed E-state index contributed by atoms with van der Waals surface area (Å²) < 4.78 is 0. The molecule has 21 heavy (non-hydrogen) atoms. The second-order valence-electron chi connectivity index (χ2n) is 4.49. The van der Waals surface area contributed by atoms with Gasteiger partial charge in [-0.05, 0) is 18.6 Å². The molecule has 2 rings (SSSR count). The van der Waals surface area contributed by atoms with Crippen molar-refractivity contribution in [1.82, 2.24) is 10.3 Å². The van der Waals surface area contributed by atoms with E-state index in [1.54, 1.807) is 19.1 Å². The Hall–Kier alpha value is -2.96. The molecule has 1 heterocycles. The zero-order valence-electron chi connectivity index (χ0n) is 11.2. The van der Waals surface area contributed by atoms with Crippen molar-refractivity contribution in [2.45, 2.75) is 13.0 Å². The number of aromatic nitrogens is 1. The van der Waals surface area contributed by atoms with Crippen LogP contribution < -0.4 is 10.9 Å². The van der Waals surface area contributed by atoms with E-state index < -0.39 is 16.9 Å². The van der Waals surface area contributed by atoms with Gasteiger partial charge in [0.1, 0.15) is 0 Å². The highest BCUT2D eigenvalue weighted by molar-refractivity contribution is 5.94. The Morgan fingerprint density at radius 2 is 2.10 bits per heavy atom. The number of benzene rings is 1. The van der Waals surface area contributed by atoms with Crippen LogP contribution in [-0.4, -0.2) is 15.8 Å². The van der Waals surface area contributed by atoms with Crippen molar-refractivity contribution in [3.8, 4) is 0 Å². The molecule has 0 aliphatic heterocycles. The van der Waals surface area contributed by atoms with Crippen molar-refractivity contribution in [3.63, 3.8) is 0 Å². The Kier molecular flexibility index (Phi) is 4.13. The minimum Gasteiger partial charge on any atom is -0.346 e. The molecule has 108 valence electrons. The minimum atomic E-state index is -0.491. The zero-order valence-corrected chi connectivity index (χ0v) is 11.2. The van der Waals surface area contributed by atoms with E-state index in [2.05, 4.69) is 10.3 Å². The van der Waals surface area contributed by atoms with E-state index in [0.717, 1.165) is 0 Å². The number of hydrogen-bond donors (Lipinski definition) is 2. The molecule has 7 heteroatoms. The topological polar surface area (TPSA) is 105 Å². The SMILES string of the molecule is CC(NC(=O)c1cc[nH]c(=O)c1)c1cccc([N+](=O)[O-])c1. The lowest BCUT2D eigenvalue weighted by Gasteiger charge is -2.14. The van der Waals surface area contributed by atoms with Crippen LogP contribution in [0.15, 0.2) is 47.4 Å². The number of hydrogen-bond acceptors (Lipinski definition) is 4. The maximum Gasteiger partial charge on any atom is 0.269 e. The molecule has 0 aliphatic carbocycles. The summed E-state index contributed by atoms with van der Waals surface area (Å²) in [6.45, 7) is 1.71. The number of nitrogens with zero attached hydrogens (tertiary/aromatic N) is 1. The molecule has 1 amide bonds. The minimum absolute atomic E-state index is 0.0373. The second-order valence-corrected chi connectivity index (χ2v) is 4.49. The molecule has 0 bridgehead atoms. The number of rotatable bonds is 4. The first-order chi connectivity index (χ1) is 9.97. The number of aromatic amines is 1. The Balaban J connectivity index is 2.16. The van der Waals surface area contributed by atoms with Crippen molar-refractivity contribution >= 4 is 11.6 Å². The maximum atomic E-state index is 12.0. The van der Waals surface area contributed by atoms with E-state index in [1.165, 1.54) is 30.5 Å². The van der Waals surface area contributed by atoms with Gasteiger partial charge in [0.05, 0.1) is 11.0 Å². The van der Waals surface area contributed by atoms with Crippen LogP contribution in [0.3, 0.4) is 0 Å². The number of nitrogens with one attached hydrogen (secondary N) is 2. The molecule has 0 saturated carbocycles. The quantitative estimate of drug-likeness (QED) is 0.660. The van der Waals surface area contributed by atoms with Crippen molar-refractivity contribution in [2.75, 3.05) is 0 Å². The van der Waals surface area contributed by atoms with Gasteiger partial charge in [-0.2, -0.15) is 0 Å². The largest absolute Gasteiger partial charge is 0.346 e. The summed E-state index contributed by atoms with van der Waals surface area (Å²) in [5.41, 5.74) is 0.439. The van der Waals surface area contributed by atoms with Gasteiger partial charge in [-0.15, -0.1) is 0 Å². The van der Waals surface area contributed by atoms with Crippen molar-refractivity contribution < 1.29 is 9.72 Å². The van der Waals surface area contributed by atoms with Crippen LogP contribution in [0.1, 0.15) is 28.9 Å². The number of non-ortho nitro benzene ring substituents is 1. The highest BCUT2D eigenvalue weighted by atomic mass is 16.6. The number of carbonyl (C=O) groups is 1. The first-order valence-corrected chi connectivity index (χ1v) is 6.21. The van der Waals surface area contributed by atoms with Gasteiger partial charge >= 0.3 is 0 Å². The molecule has 1 atom stereocenters. The Morgan fingerprint density at radius 1 is 1.33 bits per heavy atom. The summed E-state index contributed by atoms with van der Waals surface area (Å²) >= 11 is 0. The van der Waals surface area contributed by atoms with E-state index >= 15 is 0 Å². The van der Waals surface area contributed by atoms with Gasteiger partial charge < -0.3 is 10.3 Å². The molecule has 2 aromatic rings. The van der Waals surface area contributed by atoms with Crippen molar-refractivity contribution in [1.29, 1.82) is 0 Å². The highest BCUT2D eigenvalue weighted by Crippen LogP contribution is 2.19. The molecule has 1 aromatic heterocycles. The maximum absolute atomic E-state index is 12.0. The summed E-state index contributed by atoms with van der Waals surface area (Å²) in [6, 6.07) is 8.29. The van der Waals surface area contributed by atoms with Crippen LogP contribution in [0.2, 0.25) is 0 Å². The van der Waals surface area contributed by atoms with E-state index in [-0.39, 0.29) is 16.8 Å². The fourth-order valence-electron chi connectivity index (χ4n) is 1.86. The Bertz CT molecular complexity index is 739. The molecule has 0 saturated heterocycles. The van der Waals surface area contributed by atoms with E-state index in [4.69, 9.17) is 0 Å². The average molecular weight is 287 g/mol. The highest BCUT2D eigenvalue weighted by Gasteiger charge is 2.14. The van der Waals surface area contributed by atoms with E-state index in [9.17, 15) is 19.7 Å². The monoisotopic (exact) mass is 287 g/mol. The van der Waals surface area contributed by atoms with Crippen molar-refractivity contribution in [3.05, 3.63) is 74.2 Å². The summed E-state index contributed by atoms with van der Waals surface area (Å²) in [6.07, 6.45) is 1.38. The molecule has 0 radical (unpaired) electrons. The second kappa shape index (κ2) is 6.00. The van der Waals surface area contributed by atoms with Gasteiger partial charge in [0.25, 0.3) is 11.6 Å². The van der Waals surface area contributed by atoms with Gasteiger partial charge in [0.2, 0.25) is 5.56 Å². The molecule has 7 nitrogen and oxygen atoms in total. The standard InChI is InChI=1S/C14H13N3O4/c1-9(10-3-2-4-12(7-10)17(20)21)16-14(19)11-5-6-15-13(18)8-11/h2-9H,1H3,(H,15,18)(H,16,19). The summed E-state index contributed by atoms with van der Waals surface area (Å²) in [5.74, 6) is -0.417. The van der Waals surface area contributed by atoms with Gasteiger partial charge in [-0.1, -0.05) is 12.1 Å². The van der Waals surface area contributed by atoms with Gasteiger partial charge in [-0.3, -0.25) is 19.7 Å². The van der Waals surface area contributed by atoms with E-state index in [1.807, 2.05) is 0 Å². The predicted octanol–water partition coefficient (Wildman–Crippen LogP) is 1.77. The number of nitro benzene ring substituents is 1. The van der Waals surface area contributed by atoms with Crippen LogP contribution in [0.25, 0.3) is 0 Å². The Morgan fingerprint density at radius 3 is 2.76 bits per heavy atom. The fraction of sp³-hybridized carbons (Fsp3) is 0.143. The third kappa shape index (κ3) is 3.53. The Labute approximate surface area is 119 Å². The lowest BCUT2D eigenvalue weighted by molar-refractivity contribution is -0.384. The molecule has 2 N–H and O–H groups in total. The summed E-state index contributed by atoms with van der Waals surface area (Å²) in [4.78, 5) is 35.8. The number of H-pyrrole nitrogens is 1. The third-order valence-electron chi connectivity index (χ3n) is 2.97. The van der Waals surface area contributed by atoms with Crippen LogP contribution in [0, 0.1) is 10.1 Å². The lowest BCUT2D eigenvalue weighted by Crippen LogP contribution is -2.27. The predicted molar refractivity (Wildman–Crippen MR) is 76.0 cm³/mol. The van der Waals surface area contributed by atoms with Crippen LogP contribution in [0.5, 0.6) is 0 Å². The number of amides is 1. The summed E-state index contributed by atoms with van der Waals surface area (Å²) in [5, 5.41) is 13.4.